The molecular weight excluding hydrogens is 250 g/mol. The lowest BCUT2D eigenvalue weighted by Crippen LogP contribution is -2.22. The summed E-state index contributed by atoms with van der Waals surface area (Å²) in [5, 5.41) is 13.2. The molecule has 1 heterocycles. The molecule has 7 heteroatoms. The van der Waals surface area contributed by atoms with Gasteiger partial charge in [0, 0.05) is 27.9 Å². The van der Waals surface area contributed by atoms with Crippen LogP contribution in [0.5, 0.6) is 0 Å². The van der Waals surface area contributed by atoms with Gasteiger partial charge in [-0.1, -0.05) is 19.6 Å². The summed E-state index contributed by atoms with van der Waals surface area (Å²) >= 11 is 0. The van der Waals surface area contributed by atoms with E-state index >= 15 is 0 Å². The highest BCUT2D eigenvalue weighted by atomic mass is 28.3. The first-order chi connectivity index (χ1) is 8.46. The van der Waals surface area contributed by atoms with E-state index in [2.05, 4.69) is 30.2 Å². The van der Waals surface area contributed by atoms with Crippen LogP contribution in [0.15, 0.2) is 6.07 Å². The maximum absolute atomic E-state index is 8.99. The summed E-state index contributed by atoms with van der Waals surface area (Å²) in [7, 11) is 0.542. The van der Waals surface area contributed by atoms with Gasteiger partial charge >= 0.3 is 0 Å². The second-order valence-corrected chi connectivity index (χ2v) is 11.0. The summed E-state index contributed by atoms with van der Waals surface area (Å²) in [5.41, 5.74) is 2.86. The van der Waals surface area contributed by atoms with Crippen LogP contribution in [0, 0.1) is 0 Å². The van der Waals surface area contributed by atoms with Crippen LogP contribution in [0.3, 0.4) is 0 Å². The molecule has 18 heavy (non-hydrogen) atoms. The number of hydrogen-bond acceptors (Lipinski definition) is 5. The van der Waals surface area contributed by atoms with Gasteiger partial charge in [0.2, 0.25) is 0 Å². The molecule has 0 bridgehead atoms. The van der Waals surface area contributed by atoms with Crippen LogP contribution in [0.4, 0.5) is 5.82 Å². The highest BCUT2D eigenvalue weighted by Gasteiger charge is 2.12. The number of methoxy groups -OCH3 is 1. The van der Waals surface area contributed by atoms with Gasteiger partial charge in [-0.2, -0.15) is 5.10 Å². The third-order valence-electron chi connectivity index (χ3n) is 2.45. The van der Waals surface area contributed by atoms with Gasteiger partial charge in [0.1, 0.15) is 6.73 Å². The van der Waals surface area contributed by atoms with Crippen molar-refractivity contribution in [1.82, 2.24) is 9.78 Å². The molecule has 0 atom stereocenters. The summed E-state index contributed by atoms with van der Waals surface area (Å²) in [5.74, 6) is 0.509. The predicted molar refractivity (Wildman–Crippen MR) is 72.5 cm³/mol. The molecule has 1 aromatic rings. The van der Waals surface area contributed by atoms with E-state index in [1.807, 2.05) is 0 Å². The molecule has 0 amide bonds. The van der Waals surface area contributed by atoms with E-state index < -0.39 is 8.07 Å². The van der Waals surface area contributed by atoms with Crippen molar-refractivity contribution in [2.24, 2.45) is 0 Å². The van der Waals surface area contributed by atoms with Crippen LogP contribution in [0.1, 0.15) is 5.69 Å². The number of hydrogen-bond donors (Lipinski definition) is 2. The zero-order valence-electron chi connectivity index (χ0n) is 11.6. The van der Waals surface area contributed by atoms with Crippen LogP contribution in [0.25, 0.3) is 0 Å². The fraction of sp³-hybridized carbons (Fsp3) is 0.727. The van der Waals surface area contributed by atoms with Crippen molar-refractivity contribution in [3.63, 3.8) is 0 Å². The summed E-state index contributed by atoms with van der Waals surface area (Å²) < 4.78 is 12.1. The lowest BCUT2D eigenvalue weighted by molar-refractivity contribution is 0.0778. The number of nitrogens with one attached hydrogen (secondary N) is 1. The SMILES string of the molecule is COCc1cc(NO)n(COCC[Si](C)(C)C)n1. The smallest absolute Gasteiger partial charge is 0.150 e. The molecule has 0 aliphatic rings. The summed E-state index contributed by atoms with van der Waals surface area (Å²) in [6.45, 7) is 8.39. The van der Waals surface area contributed by atoms with Gasteiger partial charge < -0.3 is 9.47 Å². The lowest BCUT2D eigenvalue weighted by Gasteiger charge is -2.15. The first-order valence-corrected chi connectivity index (χ1v) is 9.70. The van der Waals surface area contributed by atoms with Crippen LogP contribution < -0.4 is 5.48 Å². The third kappa shape index (κ3) is 5.17. The third-order valence-corrected chi connectivity index (χ3v) is 4.15. The normalized spacial score (nSPS) is 11.8. The Labute approximate surface area is 109 Å². The first-order valence-electron chi connectivity index (χ1n) is 6.00. The fourth-order valence-electron chi connectivity index (χ4n) is 1.41. The standard InChI is InChI=1S/C11H23N3O3Si/c1-16-8-10-7-11(13-15)14(12-10)9-17-5-6-18(2,3)4/h7,13,15H,5-6,8-9H2,1-4H3. The molecule has 0 spiro atoms. The van der Waals surface area contributed by atoms with Crippen LogP contribution in [-0.2, 0) is 22.8 Å². The maximum Gasteiger partial charge on any atom is 0.150 e. The van der Waals surface area contributed by atoms with Crippen molar-refractivity contribution in [2.75, 3.05) is 19.2 Å². The van der Waals surface area contributed by atoms with Gasteiger partial charge in [-0.25, -0.2) is 4.68 Å². The molecule has 0 radical (unpaired) electrons. The van der Waals surface area contributed by atoms with Gasteiger partial charge in [0.25, 0.3) is 0 Å². The minimum absolute atomic E-state index is 0.330. The van der Waals surface area contributed by atoms with Crippen LogP contribution >= 0.6 is 0 Å². The first kappa shape index (κ1) is 15.2. The molecule has 6 nitrogen and oxygen atoms in total. The molecule has 1 aromatic heterocycles. The zero-order valence-corrected chi connectivity index (χ0v) is 12.6. The summed E-state index contributed by atoms with van der Waals surface area (Å²) in [6, 6.07) is 2.84. The Hall–Kier alpha value is -0.893. The van der Waals surface area contributed by atoms with Crippen molar-refractivity contribution in [1.29, 1.82) is 0 Å². The van der Waals surface area contributed by atoms with E-state index in [9.17, 15) is 0 Å². The molecule has 0 fully saturated rings. The van der Waals surface area contributed by atoms with E-state index in [4.69, 9.17) is 14.7 Å². The molecule has 0 unspecified atom stereocenters. The van der Waals surface area contributed by atoms with E-state index in [-0.39, 0.29) is 0 Å². The number of ether oxygens (including phenoxy) is 2. The van der Waals surface area contributed by atoms with E-state index in [1.54, 1.807) is 17.9 Å². The van der Waals surface area contributed by atoms with Crippen molar-refractivity contribution in [3.8, 4) is 0 Å². The number of anilines is 1. The molecule has 1 rings (SSSR count). The Balaban J connectivity index is 2.45. The molecular formula is C11H23N3O3Si. The Morgan fingerprint density at radius 3 is 2.72 bits per heavy atom. The molecule has 0 aliphatic heterocycles. The summed E-state index contributed by atoms with van der Waals surface area (Å²) in [4.78, 5) is 0. The van der Waals surface area contributed by atoms with Crippen LogP contribution in [0.2, 0.25) is 25.7 Å². The average molecular weight is 273 g/mol. The number of nitrogens with zero attached hydrogens (tertiary/aromatic N) is 2. The second kappa shape index (κ2) is 6.88. The number of rotatable bonds is 8. The Morgan fingerprint density at radius 2 is 2.17 bits per heavy atom. The maximum atomic E-state index is 8.99. The highest BCUT2D eigenvalue weighted by Crippen LogP contribution is 2.12. The van der Waals surface area contributed by atoms with E-state index in [1.165, 1.54) is 0 Å². The summed E-state index contributed by atoms with van der Waals surface area (Å²) in [6.07, 6.45) is 0. The fourth-order valence-corrected chi connectivity index (χ4v) is 2.16. The van der Waals surface area contributed by atoms with Gasteiger partial charge in [-0.3, -0.25) is 10.7 Å². The second-order valence-electron chi connectivity index (χ2n) is 5.41. The predicted octanol–water partition coefficient (Wildman–Crippen LogP) is 2.14. The van der Waals surface area contributed by atoms with Crippen LogP contribution in [-0.4, -0.2) is 36.8 Å². The molecule has 0 saturated heterocycles. The van der Waals surface area contributed by atoms with Gasteiger partial charge in [-0.05, 0) is 6.04 Å². The van der Waals surface area contributed by atoms with Gasteiger partial charge in [-0.15, -0.1) is 0 Å². The van der Waals surface area contributed by atoms with Gasteiger partial charge in [0.05, 0.1) is 12.3 Å². The van der Waals surface area contributed by atoms with Crippen molar-refractivity contribution in [2.45, 2.75) is 39.0 Å². The molecule has 104 valence electrons. The largest absolute Gasteiger partial charge is 0.378 e. The quantitative estimate of drug-likeness (QED) is 0.431. The van der Waals surface area contributed by atoms with Crippen molar-refractivity contribution in [3.05, 3.63) is 11.8 Å². The minimum Gasteiger partial charge on any atom is -0.378 e. The number of aromatic nitrogens is 2. The molecule has 0 aliphatic carbocycles. The zero-order chi connectivity index (χ0) is 13.6. The molecule has 2 N–H and O–H groups in total. The monoisotopic (exact) mass is 273 g/mol. The average Bonchev–Trinajstić information content (AvgIpc) is 2.66. The lowest BCUT2D eigenvalue weighted by atomic mass is 10.4. The van der Waals surface area contributed by atoms with Gasteiger partial charge in [0.15, 0.2) is 5.82 Å². The Morgan fingerprint density at radius 1 is 1.44 bits per heavy atom. The highest BCUT2D eigenvalue weighted by molar-refractivity contribution is 6.76. The Kier molecular flexibility index (Phi) is 5.80. The topological polar surface area (TPSA) is 68.5 Å². The Bertz CT molecular complexity index is 363. The minimum atomic E-state index is -1.06. The van der Waals surface area contributed by atoms with E-state index in [0.29, 0.717) is 19.2 Å². The van der Waals surface area contributed by atoms with Crippen molar-refractivity contribution < 1.29 is 14.7 Å². The van der Waals surface area contributed by atoms with Crippen molar-refractivity contribution >= 4 is 13.9 Å². The molecule has 0 saturated carbocycles. The molecule has 0 aromatic carbocycles. The van der Waals surface area contributed by atoms with E-state index in [0.717, 1.165) is 18.3 Å².